The van der Waals surface area contributed by atoms with E-state index in [4.69, 9.17) is 0 Å². The first-order valence-corrected chi connectivity index (χ1v) is 6.49. The number of halogens is 1. The Kier molecular flexibility index (Phi) is 3.30. The smallest absolute Gasteiger partial charge is 0.167 e. The first-order chi connectivity index (χ1) is 9.74. The van der Waals surface area contributed by atoms with E-state index in [2.05, 4.69) is 0 Å². The maximum atomic E-state index is 13.6. The Bertz CT molecular complexity index is 777. The number of ketones is 1. The molecular weight excluding hydrogens is 251 g/mol. The van der Waals surface area contributed by atoms with Crippen molar-refractivity contribution in [3.8, 4) is 0 Å². The molecule has 2 heteroatoms. The van der Waals surface area contributed by atoms with Crippen LogP contribution >= 0.6 is 0 Å². The summed E-state index contributed by atoms with van der Waals surface area (Å²) in [5.74, 6) is -0.400. The number of hydrogen-bond donors (Lipinski definition) is 0. The van der Waals surface area contributed by atoms with Crippen molar-refractivity contribution in [2.24, 2.45) is 0 Å². The van der Waals surface area contributed by atoms with Crippen molar-refractivity contribution >= 4 is 16.6 Å². The predicted molar refractivity (Wildman–Crippen MR) is 78.4 cm³/mol. The Balaban J connectivity index is 1.91. The molecule has 3 rings (SSSR count). The van der Waals surface area contributed by atoms with Crippen LogP contribution in [-0.2, 0) is 6.42 Å². The van der Waals surface area contributed by atoms with E-state index in [0.29, 0.717) is 11.1 Å². The molecule has 0 unspecified atom stereocenters. The maximum absolute atomic E-state index is 13.6. The summed E-state index contributed by atoms with van der Waals surface area (Å²) in [6.07, 6.45) is 0.0883. The number of benzene rings is 3. The molecule has 3 aromatic rings. The van der Waals surface area contributed by atoms with Crippen LogP contribution in [0.1, 0.15) is 15.9 Å². The van der Waals surface area contributed by atoms with Gasteiger partial charge in [0, 0.05) is 12.0 Å². The number of hydrogen-bond acceptors (Lipinski definition) is 1. The predicted octanol–water partition coefficient (Wildman–Crippen LogP) is 4.40. The molecule has 1 nitrogen and oxygen atoms in total. The minimum absolute atomic E-state index is 0.0687. The van der Waals surface area contributed by atoms with Crippen molar-refractivity contribution < 1.29 is 9.18 Å². The molecule has 0 heterocycles. The molecule has 0 aliphatic heterocycles. The van der Waals surface area contributed by atoms with Gasteiger partial charge in [-0.25, -0.2) is 4.39 Å². The van der Waals surface area contributed by atoms with Crippen molar-refractivity contribution in [2.45, 2.75) is 6.42 Å². The molecule has 98 valence electrons. The fraction of sp³-hybridized carbons (Fsp3) is 0.0556. The van der Waals surface area contributed by atoms with Crippen LogP contribution in [0.3, 0.4) is 0 Å². The fourth-order valence-corrected chi connectivity index (χ4v) is 2.28. The molecule has 0 aliphatic rings. The van der Waals surface area contributed by atoms with Crippen molar-refractivity contribution in [3.63, 3.8) is 0 Å². The Hall–Kier alpha value is -2.48. The first-order valence-electron chi connectivity index (χ1n) is 6.49. The highest BCUT2D eigenvalue weighted by Gasteiger charge is 2.10. The third-order valence-corrected chi connectivity index (χ3v) is 3.38. The Morgan fingerprint density at radius 3 is 2.35 bits per heavy atom. The van der Waals surface area contributed by atoms with Gasteiger partial charge in [0.2, 0.25) is 0 Å². The molecule has 0 atom stereocenters. The SMILES string of the molecule is O=C(Cc1ccccc1F)c1ccc2ccccc2c1. The van der Waals surface area contributed by atoms with Crippen LogP contribution in [0.5, 0.6) is 0 Å². The van der Waals surface area contributed by atoms with Crippen LogP contribution in [0, 0.1) is 5.82 Å². The second kappa shape index (κ2) is 5.25. The van der Waals surface area contributed by atoms with Gasteiger partial charge in [-0.2, -0.15) is 0 Å². The minimum Gasteiger partial charge on any atom is -0.294 e. The second-order valence-corrected chi connectivity index (χ2v) is 4.75. The normalized spacial score (nSPS) is 10.7. The topological polar surface area (TPSA) is 17.1 Å². The summed E-state index contributed by atoms with van der Waals surface area (Å²) >= 11 is 0. The van der Waals surface area contributed by atoms with Crippen LogP contribution in [0.2, 0.25) is 0 Å². The van der Waals surface area contributed by atoms with Gasteiger partial charge in [-0.1, -0.05) is 54.6 Å². The molecule has 0 aromatic heterocycles. The largest absolute Gasteiger partial charge is 0.294 e. The summed E-state index contributed by atoms with van der Waals surface area (Å²) in [4.78, 5) is 12.2. The molecule has 3 aromatic carbocycles. The standard InChI is InChI=1S/C18H13FO/c19-17-8-4-3-7-15(17)12-18(20)16-10-9-13-5-1-2-6-14(13)11-16/h1-11H,12H2. The number of Topliss-reactive ketones (excluding diaryl/α,β-unsaturated/α-hetero) is 1. The highest BCUT2D eigenvalue weighted by molar-refractivity contribution is 6.01. The highest BCUT2D eigenvalue weighted by Crippen LogP contribution is 2.17. The number of rotatable bonds is 3. The average molecular weight is 264 g/mol. The minimum atomic E-state index is -0.332. The van der Waals surface area contributed by atoms with Gasteiger partial charge in [-0.05, 0) is 28.5 Å². The number of carbonyl (C=O) groups excluding carboxylic acids is 1. The molecule has 0 saturated carbocycles. The summed E-state index contributed by atoms with van der Waals surface area (Å²) in [5, 5.41) is 2.11. The van der Waals surface area contributed by atoms with Crippen LogP contribution < -0.4 is 0 Å². The van der Waals surface area contributed by atoms with Crippen molar-refractivity contribution in [2.75, 3.05) is 0 Å². The molecule has 0 bridgehead atoms. The Labute approximate surface area is 116 Å². The van der Waals surface area contributed by atoms with E-state index in [-0.39, 0.29) is 18.0 Å². The second-order valence-electron chi connectivity index (χ2n) is 4.75. The van der Waals surface area contributed by atoms with Crippen molar-refractivity contribution in [1.82, 2.24) is 0 Å². The monoisotopic (exact) mass is 264 g/mol. The van der Waals surface area contributed by atoms with Crippen LogP contribution in [0.15, 0.2) is 66.7 Å². The zero-order valence-electron chi connectivity index (χ0n) is 10.8. The van der Waals surface area contributed by atoms with Gasteiger partial charge in [-0.15, -0.1) is 0 Å². The van der Waals surface area contributed by atoms with Gasteiger partial charge in [0.05, 0.1) is 0 Å². The van der Waals surface area contributed by atoms with Crippen molar-refractivity contribution in [1.29, 1.82) is 0 Å². The van der Waals surface area contributed by atoms with Gasteiger partial charge < -0.3 is 0 Å². The zero-order valence-corrected chi connectivity index (χ0v) is 10.8. The zero-order chi connectivity index (χ0) is 13.9. The first kappa shape index (κ1) is 12.5. The molecule has 0 N–H and O–H groups in total. The van der Waals surface area contributed by atoms with Gasteiger partial charge in [0.25, 0.3) is 0 Å². The number of carbonyl (C=O) groups is 1. The Morgan fingerprint density at radius 2 is 1.55 bits per heavy atom. The molecule has 0 amide bonds. The quantitative estimate of drug-likeness (QED) is 0.641. The molecule has 0 radical (unpaired) electrons. The van der Waals surface area contributed by atoms with E-state index in [0.717, 1.165) is 10.8 Å². The lowest BCUT2D eigenvalue weighted by atomic mass is 10.00. The molecule has 20 heavy (non-hydrogen) atoms. The summed E-state index contributed by atoms with van der Waals surface area (Å²) in [7, 11) is 0. The third kappa shape index (κ3) is 2.45. The molecule has 0 saturated heterocycles. The summed E-state index contributed by atoms with van der Waals surface area (Å²) < 4.78 is 13.6. The summed E-state index contributed by atoms with van der Waals surface area (Å²) in [5.41, 5.74) is 1.05. The van der Waals surface area contributed by atoms with E-state index < -0.39 is 0 Å². The van der Waals surface area contributed by atoms with E-state index in [1.807, 2.05) is 36.4 Å². The molecule has 0 aliphatic carbocycles. The molecule has 0 spiro atoms. The lowest BCUT2D eigenvalue weighted by molar-refractivity contribution is 0.0992. The van der Waals surface area contributed by atoms with Crippen LogP contribution in [0.25, 0.3) is 10.8 Å². The Morgan fingerprint density at radius 1 is 0.850 bits per heavy atom. The average Bonchev–Trinajstić information content (AvgIpc) is 2.49. The van der Waals surface area contributed by atoms with E-state index in [1.165, 1.54) is 6.07 Å². The molecule has 0 fully saturated rings. The van der Waals surface area contributed by atoms with E-state index in [9.17, 15) is 9.18 Å². The van der Waals surface area contributed by atoms with E-state index >= 15 is 0 Å². The van der Waals surface area contributed by atoms with Gasteiger partial charge in [-0.3, -0.25) is 4.79 Å². The summed E-state index contributed by atoms with van der Waals surface area (Å²) in [6, 6.07) is 19.8. The lowest BCUT2D eigenvalue weighted by Crippen LogP contribution is -2.05. The third-order valence-electron chi connectivity index (χ3n) is 3.38. The van der Waals surface area contributed by atoms with Gasteiger partial charge in [0.15, 0.2) is 5.78 Å². The molecular formula is C18H13FO. The van der Waals surface area contributed by atoms with Crippen LogP contribution in [0.4, 0.5) is 4.39 Å². The number of fused-ring (bicyclic) bond motifs is 1. The van der Waals surface area contributed by atoms with Crippen LogP contribution in [-0.4, -0.2) is 5.78 Å². The highest BCUT2D eigenvalue weighted by atomic mass is 19.1. The maximum Gasteiger partial charge on any atom is 0.167 e. The fourth-order valence-electron chi connectivity index (χ4n) is 2.28. The van der Waals surface area contributed by atoms with Crippen molar-refractivity contribution in [3.05, 3.63) is 83.7 Å². The summed E-state index contributed by atoms with van der Waals surface area (Å²) in [6.45, 7) is 0. The van der Waals surface area contributed by atoms with Gasteiger partial charge >= 0.3 is 0 Å². The van der Waals surface area contributed by atoms with Gasteiger partial charge in [0.1, 0.15) is 5.82 Å². The lowest BCUT2D eigenvalue weighted by Gasteiger charge is -2.04. The van der Waals surface area contributed by atoms with E-state index in [1.54, 1.807) is 24.3 Å².